The summed E-state index contributed by atoms with van der Waals surface area (Å²) in [7, 11) is 0. The molecule has 3 aliphatic rings. The van der Waals surface area contributed by atoms with Crippen molar-refractivity contribution in [1.82, 2.24) is 10.2 Å². The van der Waals surface area contributed by atoms with E-state index in [2.05, 4.69) is 17.5 Å². The highest BCUT2D eigenvalue weighted by molar-refractivity contribution is 5.68. The maximum Gasteiger partial charge on any atom is 0.410 e. The average Bonchev–Trinajstić information content (AvgIpc) is 3.12. The Morgan fingerprint density at radius 3 is 2.73 bits per heavy atom. The molecule has 2 bridgehead atoms. The second kappa shape index (κ2) is 6.23. The Morgan fingerprint density at radius 1 is 1.27 bits per heavy atom. The van der Waals surface area contributed by atoms with E-state index in [1.165, 1.54) is 12.8 Å². The number of carbonyl (C=O) groups is 1. The molecule has 1 saturated heterocycles. The normalized spacial score (nSPS) is 33.7. The fourth-order valence-electron chi connectivity index (χ4n) is 4.09. The highest BCUT2D eigenvalue weighted by Gasteiger charge is 2.35. The molecule has 1 saturated carbocycles. The van der Waals surface area contributed by atoms with Gasteiger partial charge in [0, 0.05) is 13.1 Å². The molecule has 1 aliphatic heterocycles. The first-order chi connectivity index (χ1) is 10.4. The maximum atomic E-state index is 12.1. The molecule has 2 aliphatic carbocycles. The Kier molecular flexibility index (Phi) is 4.49. The van der Waals surface area contributed by atoms with Gasteiger partial charge < -0.3 is 15.0 Å². The lowest BCUT2D eigenvalue weighted by Gasteiger charge is -2.24. The SMILES string of the molecule is CC(C)(C)OC(=O)N1CCC(CNCC2CC3C=CC2C3)C1. The van der Waals surface area contributed by atoms with Crippen molar-refractivity contribution < 1.29 is 9.53 Å². The van der Waals surface area contributed by atoms with E-state index in [4.69, 9.17) is 4.74 Å². The highest BCUT2D eigenvalue weighted by atomic mass is 16.6. The molecule has 1 heterocycles. The lowest BCUT2D eigenvalue weighted by Crippen LogP contribution is -2.36. The number of ether oxygens (including phenoxy) is 1. The zero-order valence-corrected chi connectivity index (χ0v) is 14.2. The van der Waals surface area contributed by atoms with Crippen LogP contribution in [0.1, 0.15) is 40.0 Å². The molecule has 0 radical (unpaired) electrons. The standard InChI is InChI=1S/C18H30N2O2/c1-18(2,3)22-17(21)20-7-6-14(12-20)10-19-11-16-9-13-4-5-15(16)8-13/h4-5,13-16,19H,6-12H2,1-3H3. The van der Waals surface area contributed by atoms with Crippen LogP contribution in [0.4, 0.5) is 4.79 Å². The molecular formula is C18H30N2O2. The predicted octanol–water partition coefficient (Wildman–Crippen LogP) is 3.05. The van der Waals surface area contributed by atoms with Gasteiger partial charge in [0.2, 0.25) is 0 Å². The van der Waals surface area contributed by atoms with E-state index in [9.17, 15) is 4.79 Å². The Morgan fingerprint density at radius 2 is 2.09 bits per heavy atom. The van der Waals surface area contributed by atoms with E-state index in [-0.39, 0.29) is 6.09 Å². The van der Waals surface area contributed by atoms with E-state index < -0.39 is 5.60 Å². The third-order valence-electron chi connectivity index (χ3n) is 5.19. The van der Waals surface area contributed by atoms with Crippen LogP contribution >= 0.6 is 0 Å². The lowest BCUT2D eigenvalue weighted by atomic mass is 9.93. The number of allylic oxidation sites excluding steroid dienone is 2. The number of carbonyl (C=O) groups excluding carboxylic acids is 1. The van der Waals surface area contributed by atoms with Crippen LogP contribution in [0, 0.1) is 23.7 Å². The van der Waals surface area contributed by atoms with Gasteiger partial charge in [-0.05, 0) is 76.8 Å². The van der Waals surface area contributed by atoms with Gasteiger partial charge in [0.1, 0.15) is 5.60 Å². The Balaban J connectivity index is 1.35. The first-order valence-electron chi connectivity index (χ1n) is 8.77. The number of rotatable bonds is 4. The number of fused-ring (bicyclic) bond motifs is 2. The fourth-order valence-corrected chi connectivity index (χ4v) is 4.09. The second-order valence-electron chi connectivity index (χ2n) is 8.28. The van der Waals surface area contributed by atoms with Crippen molar-refractivity contribution in [2.45, 2.75) is 45.6 Å². The first kappa shape index (κ1) is 15.9. The van der Waals surface area contributed by atoms with Gasteiger partial charge in [-0.15, -0.1) is 0 Å². The van der Waals surface area contributed by atoms with Crippen LogP contribution in [-0.4, -0.2) is 42.8 Å². The smallest absolute Gasteiger partial charge is 0.410 e. The van der Waals surface area contributed by atoms with Gasteiger partial charge in [-0.2, -0.15) is 0 Å². The number of likely N-dealkylation sites (tertiary alicyclic amines) is 1. The summed E-state index contributed by atoms with van der Waals surface area (Å²) in [4.78, 5) is 13.9. The molecule has 0 aromatic carbocycles. The number of amides is 1. The van der Waals surface area contributed by atoms with Crippen LogP contribution in [0.25, 0.3) is 0 Å². The Bertz CT molecular complexity index is 441. The summed E-state index contributed by atoms with van der Waals surface area (Å²) in [6.45, 7) is 9.58. The molecule has 3 rings (SSSR count). The van der Waals surface area contributed by atoms with Crippen LogP contribution < -0.4 is 5.32 Å². The fraction of sp³-hybridized carbons (Fsp3) is 0.833. The van der Waals surface area contributed by atoms with Gasteiger partial charge in [0.05, 0.1) is 0 Å². The van der Waals surface area contributed by atoms with Crippen LogP contribution in [-0.2, 0) is 4.74 Å². The molecule has 4 unspecified atom stereocenters. The molecule has 22 heavy (non-hydrogen) atoms. The van der Waals surface area contributed by atoms with E-state index >= 15 is 0 Å². The monoisotopic (exact) mass is 306 g/mol. The highest BCUT2D eigenvalue weighted by Crippen LogP contribution is 2.42. The molecule has 0 spiro atoms. The third-order valence-corrected chi connectivity index (χ3v) is 5.19. The topological polar surface area (TPSA) is 41.6 Å². The second-order valence-corrected chi connectivity index (χ2v) is 8.28. The number of nitrogens with zero attached hydrogens (tertiary/aromatic N) is 1. The molecular weight excluding hydrogens is 276 g/mol. The molecule has 4 atom stereocenters. The van der Waals surface area contributed by atoms with Crippen molar-refractivity contribution in [3.05, 3.63) is 12.2 Å². The van der Waals surface area contributed by atoms with E-state index in [0.717, 1.165) is 50.4 Å². The summed E-state index contributed by atoms with van der Waals surface area (Å²) >= 11 is 0. The van der Waals surface area contributed by atoms with Crippen molar-refractivity contribution in [1.29, 1.82) is 0 Å². The van der Waals surface area contributed by atoms with Crippen molar-refractivity contribution in [2.24, 2.45) is 23.7 Å². The molecule has 0 aromatic rings. The molecule has 1 amide bonds. The molecule has 0 aromatic heterocycles. The minimum Gasteiger partial charge on any atom is -0.444 e. The quantitative estimate of drug-likeness (QED) is 0.812. The van der Waals surface area contributed by atoms with Crippen molar-refractivity contribution in [3.63, 3.8) is 0 Å². The van der Waals surface area contributed by atoms with Crippen LogP contribution in [0.2, 0.25) is 0 Å². The molecule has 4 heteroatoms. The minimum atomic E-state index is -0.400. The summed E-state index contributed by atoms with van der Waals surface area (Å²) < 4.78 is 5.45. The Hall–Kier alpha value is -1.03. The first-order valence-corrected chi connectivity index (χ1v) is 8.77. The van der Waals surface area contributed by atoms with Crippen molar-refractivity contribution in [3.8, 4) is 0 Å². The molecule has 4 nitrogen and oxygen atoms in total. The van der Waals surface area contributed by atoms with E-state index in [1.807, 2.05) is 25.7 Å². The summed E-state index contributed by atoms with van der Waals surface area (Å²) in [6, 6.07) is 0. The zero-order valence-electron chi connectivity index (χ0n) is 14.2. The van der Waals surface area contributed by atoms with Gasteiger partial charge in [-0.25, -0.2) is 4.79 Å². The summed E-state index contributed by atoms with van der Waals surface area (Å²) in [6.07, 6.45) is 8.48. The average molecular weight is 306 g/mol. The van der Waals surface area contributed by atoms with Gasteiger partial charge in [0.15, 0.2) is 0 Å². The third kappa shape index (κ3) is 3.83. The van der Waals surface area contributed by atoms with Crippen molar-refractivity contribution in [2.75, 3.05) is 26.2 Å². The molecule has 1 N–H and O–H groups in total. The number of hydrogen-bond acceptors (Lipinski definition) is 3. The van der Waals surface area contributed by atoms with Gasteiger partial charge in [-0.1, -0.05) is 12.2 Å². The maximum absolute atomic E-state index is 12.1. The summed E-state index contributed by atoms with van der Waals surface area (Å²) in [5.41, 5.74) is -0.400. The molecule has 124 valence electrons. The van der Waals surface area contributed by atoms with E-state index in [0.29, 0.717) is 5.92 Å². The lowest BCUT2D eigenvalue weighted by molar-refractivity contribution is 0.0288. The number of hydrogen-bond donors (Lipinski definition) is 1. The predicted molar refractivity (Wildman–Crippen MR) is 87.6 cm³/mol. The zero-order chi connectivity index (χ0) is 15.7. The summed E-state index contributed by atoms with van der Waals surface area (Å²) in [5.74, 6) is 3.07. The van der Waals surface area contributed by atoms with Gasteiger partial charge >= 0.3 is 6.09 Å². The van der Waals surface area contributed by atoms with Crippen LogP contribution in [0.15, 0.2) is 12.2 Å². The van der Waals surface area contributed by atoms with Crippen molar-refractivity contribution >= 4 is 6.09 Å². The van der Waals surface area contributed by atoms with Gasteiger partial charge in [-0.3, -0.25) is 0 Å². The molecule has 2 fully saturated rings. The minimum absolute atomic E-state index is 0.159. The number of nitrogens with one attached hydrogen (secondary N) is 1. The summed E-state index contributed by atoms with van der Waals surface area (Å²) in [5, 5.41) is 3.65. The van der Waals surface area contributed by atoms with E-state index in [1.54, 1.807) is 0 Å². The van der Waals surface area contributed by atoms with Gasteiger partial charge in [0.25, 0.3) is 0 Å². The Labute approximate surface area is 134 Å². The van der Waals surface area contributed by atoms with Crippen LogP contribution in [0.5, 0.6) is 0 Å². The largest absolute Gasteiger partial charge is 0.444 e. The van der Waals surface area contributed by atoms with Crippen LogP contribution in [0.3, 0.4) is 0 Å².